The van der Waals surface area contributed by atoms with Crippen molar-refractivity contribution in [2.45, 2.75) is 47.3 Å². The molecule has 0 saturated heterocycles. The molecule has 1 aromatic carbocycles. The number of ketones is 1. The molecule has 0 radical (unpaired) electrons. The second kappa shape index (κ2) is 8.75. The fraction of sp³-hybridized carbons (Fsp3) is 0.429. The Bertz CT molecular complexity index is 837. The van der Waals surface area contributed by atoms with Gasteiger partial charge in [-0.3, -0.25) is 4.79 Å². The molecule has 0 fully saturated rings. The quantitative estimate of drug-likeness (QED) is 0.518. The zero-order valence-corrected chi connectivity index (χ0v) is 16.8. The second-order valence-corrected chi connectivity index (χ2v) is 6.17. The summed E-state index contributed by atoms with van der Waals surface area (Å²) in [6.07, 6.45) is -0.735. The minimum absolute atomic E-state index is 0.186. The normalized spacial score (nSPS) is 11.8. The van der Waals surface area contributed by atoms with Crippen LogP contribution in [-0.4, -0.2) is 36.1 Å². The molecule has 0 bridgehead atoms. The van der Waals surface area contributed by atoms with E-state index in [4.69, 9.17) is 14.2 Å². The molecule has 0 saturated carbocycles. The van der Waals surface area contributed by atoms with E-state index in [1.807, 2.05) is 30.5 Å². The van der Waals surface area contributed by atoms with Crippen molar-refractivity contribution < 1.29 is 23.8 Å². The maximum atomic E-state index is 13.1. The van der Waals surface area contributed by atoms with Gasteiger partial charge in [0.1, 0.15) is 5.69 Å². The first-order chi connectivity index (χ1) is 12.9. The number of benzene rings is 1. The molecule has 0 aliphatic carbocycles. The van der Waals surface area contributed by atoms with Crippen LogP contribution in [0.3, 0.4) is 0 Å². The monoisotopic (exact) mass is 373 g/mol. The molecule has 0 aliphatic heterocycles. The number of carbonyl (C=O) groups is 2. The van der Waals surface area contributed by atoms with Crippen molar-refractivity contribution in [2.75, 3.05) is 13.7 Å². The van der Waals surface area contributed by atoms with Crippen molar-refractivity contribution in [3.63, 3.8) is 0 Å². The molecule has 0 unspecified atom stereocenters. The van der Waals surface area contributed by atoms with Crippen molar-refractivity contribution in [3.05, 3.63) is 46.8 Å². The first kappa shape index (κ1) is 20.6. The molecular formula is C21H27NO5. The third-order valence-corrected chi connectivity index (χ3v) is 4.54. The summed E-state index contributed by atoms with van der Waals surface area (Å²) in [5, 5.41) is 0. The second-order valence-electron chi connectivity index (χ2n) is 6.17. The van der Waals surface area contributed by atoms with Crippen LogP contribution in [0.5, 0.6) is 11.5 Å². The van der Waals surface area contributed by atoms with Gasteiger partial charge >= 0.3 is 5.97 Å². The van der Waals surface area contributed by atoms with Crippen LogP contribution in [0.1, 0.15) is 52.9 Å². The van der Waals surface area contributed by atoms with Crippen LogP contribution < -0.4 is 9.47 Å². The smallest absolute Gasteiger partial charge is 0.355 e. The average molecular weight is 373 g/mol. The maximum Gasteiger partial charge on any atom is 0.355 e. The Hall–Kier alpha value is -2.76. The van der Waals surface area contributed by atoms with E-state index in [1.54, 1.807) is 40.0 Å². The van der Waals surface area contributed by atoms with E-state index in [1.165, 1.54) is 0 Å². The van der Waals surface area contributed by atoms with Crippen LogP contribution in [0.4, 0.5) is 0 Å². The first-order valence-corrected chi connectivity index (χ1v) is 9.07. The van der Waals surface area contributed by atoms with Gasteiger partial charge in [0.2, 0.25) is 5.78 Å². The molecule has 6 nitrogen and oxygen atoms in total. The molecule has 146 valence electrons. The van der Waals surface area contributed by atoms with Gasteiger partial charge in [0.25, 0.3) is 0 Å². The number of Topliss-reactive ketones (excluding diaryl/α,β-unsaturated/α-hetero) is 1. The lowest BCUT2D eigenvalue weighted by Gasteiger charge is -2.16. The zero-order chi connectivity index (χ0) is 20.1. The van der Waals surface area contributed by atoms with E-state index in [0.717, 1.165) is 5.69 Å². The minimum Gasteiger partial charge on any atom is -0.493 e. The maximum absolute atomic E-state index is 13.1. The molecule has 1 aromatic heterocycles. The Labute approximate surface area is 160 Å². The van der Waals surface area contributed by atoms with Crippen molar-refractivity contribution >= 4 is 11.8 Å². The molecule has 1 heterocycles. The van der Waals surface area contributed by atoms with E-state index >= 15 is 0 Å². The van der Waals surface area contributed by atoms with Gasteiger partial charge in [-0.25, -0.2) is 4.79 Å². The number of methoxy groups -OCH3 is 1. The number of hydrogen-bond donors (Lipinski definition) is 0. The van der Waals surface area contributed by atoms with Gasteiger partial charge in [-0.2, -0.15) is 0 Å². The molecule has 0 aliphatic rings. The van der Waals surface area contributed by atoms with Crippen molar-refractivity contribution in [2.24, 2.45) is 0 Å². The summed E-state index contributed by atoms with van der Waals surface area (Å²) in [6.45, 7) is 9.84. The molecular weight excluding hydrogens is 346 g/mol. The first-order valence-electron chi connectivity index (χ1n) is 9.07. The zero-order valence-electron chi connectivity index (χ0n) is 16.8. The van der Waals surface area contributed by atoms with Crippen LogP contribution in [0.2, 0.25) is 0 Å². The van der Waals surface area contributed by atoms with Crippen LogP contribution in [0.15, 0.2) is 24.3 Å². The van der Waals surface area contributed by atoms with Gasteiger partial charge in [0, 0.05) is 17.8 Å². The van der Waals surface area contributed by atoms with E-state index < -0.39 is 12.1 Å². The molecule has 0 amide bonds. The summed E-state index contributed by atoms with van der Waals surface area (Å²) in [6, 6.07) is 7.18. The molecule has 0 spiro atoms. The number of para-hydroxylation sites is 2. The molecule has 0 N–H and O–H groups in total. The Morgan fingerprint density at radius 2 is 1.74 bits per heavy atom. The van der Waals surface area contributed by atoms with Gasteiger partial charge in [-0.05, 0) is 52.3 Å². The van der Waals surface area contributed by atoms with Crippen LogP contribution >= 0.6 is 0 Å². The van der Waals surface area contributed by atoms with Crippen LogP contribution in [0, 0.1) is 13.8 Å². The molecule has 27 heavy (non-hydrogen) atoms. The lowest BCUT2D eigenvalue weighted by Crippen LogP contribution is -2.25. The summed E-state index contributed by atoms with van der Waals surface area (Å²) in [5.74, 6) is 0.451. The number of esters is 1. The predicted octanol–water partition coefficient (Wildman–Crippen LogP) is 3.96. The molecule has 6 heteroatoms. The van der Waals surface area contributed by atoms with Gasteiger partial charge in [-0.1, -0.05) is 12.1 Å². The highest BCUT2D eigenvalue weighted by Gasteiger charge is 2.29. The number of ether oxygens (including phenoxy) is 3. The number of carbonyl (C=O) groups excluding carboxylic acids is 2. The molecule has 2 rings (SSSR count). The van der Waals surface area contributed by atoms with Crippen molar-refractivity contribution in [1.29, 1.82) is 0 Å². The number of rotatable bonds is 8. The summed E-state index contributed by atoms with van der Waals surface area (Å²) in [5.41, 5.74) is 2.28. The standard InChI is InChI=1S/C21H27NO5/c1-7-22-14(4)18(13(3)19(22)21(24)26-8-2)20(23)15(5)27-17-12-10-9-11-16(17)25-6/h9-12,15H,7-8H2,1-6H3/t15-/m0/s1. The third-order valence-electron chi connectivity index (χ3n) is 4.54. The van der Waals surface area contributed by atoms with Gasteiger partial charge < -0.3 is 18.8 Å². The summed E-state index contributed by atoms with van der Waals surface area (Å²) < 4.78 is 18.1. The van der Waals surface area contributed by atoms with E-state index in [2.05, 4.69) is 0 Å². The average Bonchev–Trinajstić information content (AvgIpc) is 2.91. The third kappa shape index (κ3) is 3.99. The fourth-order valence-electron chi connectivity index (χ4n) is 3.28. The molecule has 1 atom stereocenters. The highest BCUT2D eigenvalue weighted by Crippen LogP contribution is 2.29. The molecule has 2 aromatic rings. The predicted molar refractivity (Wildman–Crippen MR) is 103 cm³/mol. The Balaban J connectivity index is 2.39. The number of nitrogens with zero attached hydrogens (tertiary/aromatic N) is 1. The van der Waals surface area contributed by atoms with Gasteiger partial charge in [0.15, 0.2) is 17.6 Å². The van der Waals surface area contributed by atoms with Crippen molar-refractivity contribution in [3.8, 4) is 11.5 Å². The fourth-order valence-corrected chi connectivity index (χ4v) is 3.28. The van der Waals surface area contributed by atoms with Gasteiger partial charge in [0.05, 0.1) is 13.7 Å². The summed E-state index contributed by atoms with van der Waals surface area (Å²) in [4.78, 5) is 25.5. The van der Waals surface area contributed by atoms with Gasteiger partial charge in [-0.15, -0.1) is 0 Å². The van der Waals surface area contributed by atoms with Crippen LogP contribution in [-0.2, 0) is 11.3 Å². The van der Waals surface area contributed by atoms with E-state index in [-0.39, 0.29) is 12.4 Å². The van der Waals surface area contributed by atoms with Crippen LogP contribution in [0.25, 0.3) is 0 Å². The highest BCUT2D eigenvalue weighted by molar-refractivity contribution is 6.05. The highest BCUT2D eigenvalue weighted by atomic mass is 16.5. The Morgan fingerprint density at radius 1 is 1.11 bits per heavy atom. The van der Waals surface area contributed by atoms with E-state index in [0.29, 0.717) is 34.9 Å². The summed E-state index contributed by atoms with van der Waals surface area (Å²) >= 11 is 0. The Kier molecular flexibility index (Phi) is 6.66. The van der Waals surface area contributed by atoms with E-state index in [9.17, 15) is 9.59 Å². The largest absolute Gasteiger partial charge is 0.493 e. The summed E-state index contributed by atoms with van der Waals surface area (Å²) in [7, 11) is 1.55. The minimum atomic E-state index is -0.735. The van der Waals surface area contributed by atoms with Crippen molar-refractivity contribution in [1.82, 2.24) is 4.57 Å². The number of hydrogen-bond acceptors (Lipinski definition) is 5. The topological polar surface area (TPSA) is 66.8 Å². The Morgan fingerprint density at radius 3 is 2.30 bits per heavy atom. The SMILES string of the molecule is CCOC(=O)c1c(C)c(C(=O)[C@H](C)Oc2ccccc2OC)c(C)n1CC. The lowest BCUT2D eigenvalue weighted by molar-refractivity contribution is 0.0512. The lowest BCUT2D eigenvalue weighted by atomic mass is 10.0. The number of aromatic nitrogens is 1.